The number of carbonyl (C=O) groups is 1. The number of anilines is 1. The van der Waals surface area contributed by atoms with E-state index < -0.39 is 0 Å². The van der Waals surface area contributed by atoms with Crippen LogP contribution < -0.4 is 10.9 Å². The lowest BCUT2D eigenvalue weighted by molar-refractivity contribution is -0.113. The molecule has 9 nitrogen and oxygen atoms in total. The van der Waals surface area contributed by atoms with Gasteiger partial charge in [-0.2, -0.15) is 0 Å². The normalized spacial score (nSPS) is 11.4. The van der Waals surface area contributed by atoms with Gasteiger partial charge in [-0.25, -0.2) is 4.98 Å². The van der Waals surface area contributed by atoms with Crippen LogP contribution in [0, 0.1) is 0 Å². The number of nitrogens with one attached hydrogen (secondary N) is 1. The zero-order valence-electron chi connectivity index (χ0n) is 19.1. The highest BCUT2D eigenvalue weighted by atomic mass is 32.2. The number of thioether (sulfide) groups is 1. The van der Waals surface area contributed by atoms with Crippen molar-refractivity contribution in [2.45, 2.75) is 37.9 Å². The van der Waals surface area contributed by atoms with E-state index in [1.165, 1.54) is 23.1 Å². The monoisotopic (exact) mass is 499 g/mol. The van der Waals surface area contributed by atoms with Gasteiger partial charge in [0.05, 0.1) is 11.1 Å². The molecular weight excluding hydrogens is 474 g/mol. The summed E-state index contributed by atoms with van der Waals surface area (Å²) in [6, 6.07) is 11.8. The Balaban J connectivity index is 1.58. The highest BCUT2D eigenvalue weighted by molar-refractivity contribution is 7.99. The van der Waals surface area contributed by atoms with E-state index in [0.717, 1.165) is 10.4 Å². The van der Waals surface area contributed by atoms with E-state index in [-0.39, 0.29) is 29.2 Å². The summed E-state index contributed by atoms with van der Waals surface area (Å²) in [7, 11) is 1.62. The topological polar surface area (TPSA) is 112 Å². The van der Waals surface area contributed by atoms with Crippen LogP contribution >= 0.6 is 23.1 Å². The number of nitrogens with zero attached hydrogens (tertiary/aromatic N) is 4. The van der Waals surface area contributed by atoms with Crippen LogP contribution in [-0.4, -0.2) is 45.1 Å². The molecule has 0 spiro atoms. The molecule has 0 saturated heterocycles. The first-order valence-electron chi connectivity index (χ1n) is 10.8. The van der Waals surface area contributed by atoms with Gasteiger partial charge in [-0.15, -0.1) is 16.4 Å². The van der Waals surface area contributed by atoms with Gasteiger partial charge in [0, 0.05) is 31.1 Å². The molecule has 0 fully saturated rings. The second-order valence-electron chi connectivity index (χ2n) is 7.83. The summed E-state index contributed by atoms with van der Waals surface area (Å²) in [6.45, 7) is 4.81. The summed E-state index contributed by atoms with van der Waals surface area (Å²) in [5.41, 5.74) is 0.908. The summed E-state index contributed by atoms with van der Waals surface area (Å²) in [5, 5.41) is 11.4. The molecule has 1 aromatic carbocycles. The molecule has 3 heterocycles. The molecule has 1 amide bonds. The van der Waals surface area contributed by atoms with Crippen LogP contribution in [0.2, 0.25) is 0 Å². The van der Waals surface area contributed by atoms with E-state index in [0.29, 0.717) is 40.8 Å². The molecule has 0 aliphatic heterocycles. The lowest BCUT2D eigenvalue weighted by atomic mass is 10.2. The smallest absolute Gasteiger partial charge is 0.322 e. The Morgan fingerprint density at radius 1 is 1.26 bits per heavy atom. The Labute approximate surface area is 204 Å². The quantitative estimate of drug-likeness (QED) is 0.194. The maximum atomic E-state index is 13.3. The first-order chi connectivity index (χ1) is 16.5. The number of aromatic nitrogens is 4. The first-order valence-corrected chi connectivity index (χ1v) is 12.6. The van der Waals surface area contributed by atoms with E-state index in [4.69, 9.17) is 14.1 Å². The third-order valence-electron chi connectivity index (χ3n) is 4.92. The van der Waals surface area contributed by atoms with Gasteiger partial charge in [-0.05, 0) is 18.1 Å². The highest BCUT2D eigenvalue weighted by Crippen LogP contribution is 2.32. The number of amides is 1. The summed E-state index contributed by atoms with van der Waals surface area (Å²) in [4.78, 5) is 32.2. The Kier molecular flexibility index (Phi) is 7.76. The van der Waals surface area contributed by atoms with E-state index >= 15 is 0 Å². The fourth-order valence-electron chi connectivity index (χ4n) is 3.22. The molecule has 4 aromatic rings. The van der Waals surface area contributed by atoms with Crippen molar-refractivity contribution in [2.75, 3.05) is 24.8 Å². The summed E-state index contributed by atoms with van der Waals surface area (Å²) in [6.07, 6.45) is 0.652. The molecule has 0 bridgehead atoms. The van der Waals surface area contributed by atoms with Crippen LogP contribution in [0.25, 0.3) is 20.7 Å². The maximum Gasteiger partial charge on any atom is 0.322 e. The number of benzene rings is 1. The van der Waals surface area contributed by atoms with Gasteiger partial charge in [0.25, 0.3) is 5.56 Å². The van der Waals surface area contributed by atoms with Crippen LogP contribution in [0.3, 0.4) is 0 Å². The molecule has 0 aliphatic carbocycles. The number of ether oxygens (including phenoxy) is 1. The van der Waals surface area contributed by atoms with E-state index in [2.05, 4.69) is 15.5 Å². The van der Waals surface area contributed by atoms with Crippen molar-refractivity contribution in [1.29, 1.82) is 0 Å². The predicted octanol–water partition coefficient (Wildman–Crippen LogP) is 4.40. The average Bonchev–Trinajstić information content (AvgIpc) is 3.47. The number of rotatable bonds is 10. The fourth-order valence-corrected chi connectivity index (χ4v) is 5.12. The molecule has 0 saturated carbocycles. The van der Waals surface area contributed by atoms with Crippen LogP contribution in [0.5, 0.6) is 0 Å². The molecule has 34 heavy (non-hydrogen) atoms. The molecule has 0 aliphatic rings. The number of carbonyl (C=O) groups excluding carboxylic acids is 1. The molecule has 0 unspecified atom stereocenters. The molecule has 0 atom stereocenters. The summed E-state index contributed by atoms with van der Waals surface area (Å²) in [5.74, 6) is 0.238. The predicted molar refractivity (Wildman–Crippen MR) is 134 cm³/mol. The molecule has 4 rings (SSSR count). The molecule has 11 heteroatoms. The number of fused-ring (bicyclic) bond motifs is 1. The molecule has 0 radical (unpaired) electrons. The second-order valence-corrected chi connectivity index (χ2v) is 9.80. The van der Waals surface area contributed by atoms with Crippen molar-refractivity contribution in [1.82, 2.24) is 19.7 Å². The maximum absolute atomic E-state index is 13.3. The van der Waals surface area contributed by atoms with Crippen molar-refractivity contribution in [3.8, 4) is 10.4 Å². The largest absolute Gasteiger partial charge is 0.408 e. The van der Waals surface area contributed by atoms with Crippen molar-refractivity contribution < 1.29 is 13.9 Å². The second kappa shape index (κ2) is 10.9. The minimum Gasteiger partial charge on any atom is -0.408 e. The van der Waals surface area contributed by atoms with E-state index in [1.54, 1.807) is 11.7 Å². The average molecular weight is 500 g/mol. The van der Waals surface area contributed by atoms with Gasteiger partial charge in [0.2, 0.25) is 11.8 Å². The number of methoxy groups -OCH3 is 1. The standard InChI is InChI=1S/C23H25N5O4S2/c1-14(2)19-26-27-22(32-19)24-18(29)13-33-23-25-20-16(21(30)28(23)10-7-11-31-3)12-17(34-20)15-8-5-4-6-9-15/h4-6,8-9,12,14H,7,10-11,13H2,1-3H3,(H,24,27,29). The Morgan fingerprint density at radius 2 is 2.06 bits per heavy atom. The number of hydrogen-bond donors (Lipinski definition) is 1. The van der Waals surface area contributed by atoms with Crippen molar-refractivity contribution in [2.24, 2.45) is 0 Å². The first kappa shape index (κ1) is 24.1. The molecule has 3 aromatic heterocycles. The third-order valence-corrected chi connectivity index (χ3v) is 6.97. The van der Waals surface area contributed by atoms with Crippen molar-refractivity contribution >= 4 is 45.2 Å². The lowest BCUT2D eigenvalue weighted by Crippen LogP contribution is -2.24. The summed E-state index contributed by atoms with van der Waals surface area (Å²) >= 11 is 2.66. The van der Waals surface area contributed by atoms with Gasteiger partial charge in [0.1, 0.15) is 4.83 Å². The van der Waals surface area contributed by atoms with E-state index in [1.807, 2.05) is 50.2 Å². The van der Waals surface area contributed by atoms with Crippen molar-refractivity contribution in [3.05, 3.63) is 52.6 Å². The Bertz CT molecular complexity index is 1330. The van der Waals surface area contributed by atoms with Crippen LogP contribution in [0.4, 0.5) is 6.01 Å². The van der Waals surface area contributed by atoms with Crippen LogP contribution in [0.15, 0.2) is 50.8 Å². The molecular formula is C23H25N5O4S2. The van der Waals surface area contributed by atoms with Gasteiger partial charge < -0.3 is 9.15 Å². The van der Waals surface area contributed by atoms with Gasteiger partial charge in [-0.1, -0.05) is 61.0 Å². The Morgan fingerprint density at radius 3 is 2.76 bits per heavy atom. The van der Waals surface area contributed by atoms with Gasteiger partial charge >= 0.3 is 6.01 Å². The minimum atomic E-state index is -0.321. The fraction of sp³-hybridized carbons (Fsp3) is 0.348. The molecule has 1 N–H and O–H groups in total. The third kappa shape index (κ3) is 5.54. The van der Waals surface area contributed by atoms with Crippen molar-refractivity contribution in [3.63, 3.8) is 0 Å². The SMILES string of the molecule is COCCCn1c(SCC(=O)Nc2nnc(C(C)C)o2)nc2sc(-c3ccccc3)cc2c1=O. The lowest BCUT2D eigenvalue weighted by Gasteiger charge is -2.11. The number of thiophene rings is 1. The van der Waals surface area contributed by atoms with E-state index in [9.17, 15) is 9.59 Å². The zero-order valence-corrected chi connectivity index (χ0v) is 20.7. The summed E-state index contributed by atoms with van der Waals surface area (Å²) < 4.78 is 12.2. The highest BCUT2D eigenvalue weighted by Gasteiger charge is 2.18. The zero-order chi connectivity index (χ0) is 24.1. The van der Waals surface area contributed by atoms with Crippen LogP contribution in [0.1, 0.15) is 32.1 Å². The Hall–Kier alpha value is -3.02. The van der Waals surface area contributed by atoms with Gasteiger partial charge in [-0.3, -0.25) is 19.5 Å². The minimum absolute atomic E-state index is 0.0402. The van der Waals surface area contributed by atoms with Gasteiger partial charge in [0.15, 0.2) is 5.16 Å². The molecule has 178 valence electrons. The van der Waals surface area contributed by atoms with Crippen LogP contribution in [-0.2, 0) is 16.1 Å². The number of hydrogen-bond acceptors (Lipinski definition) is 9.